The molecule has 3 rings (SSSR count). The summed E-state index contributed by atoms with van der Waals surface area (Å²) in [6.45, 7) is 4.85. The summed E-state index contributed by atoms with van der Waals surface area (Å²) in [7, 11) is 1.99. The summed E-state index contributed by atoms with van der Waals surface area (Å²) in [5, 5.41) is 5.88. The molecule has 0 atom stereocenters. The minimum atomic E-state index is 0.616. The summed E-state index contributed by atoms with van der Waals surface area (Å²) in [5.74, 6) is 0. The van der Waals surface area contributed by atoms with Crippen molar-refractivity contribution < 1.29 is 0 Å². The average molecular weight is 268 g/mol. The van der Waals surface area contributed by atoms with Crippen molar-refractivity contribution in [3.63, 3.8) is 0 Å². The number of nitrogens with two attached hydrogens (primary N) is 1. The predicted molar refractivity (Wildman–Crippen MR) is 82.7 cm³/mol. The second-order valence-electron chi connectivity index (χ2n) is 5.24. The number of aromatic amines is 1. The van der Waals surface area contributed by atoms with Gasteiger partial charge in [-0.15, -0.1) is 0 Å². The molecule has 0 saturated heterocycles. The maximum absolute atomic E-state index is 5.74. The number of nitrogens with one attached hydrogen (secondary N) is 1. The minimum absolute atomic E-state index is 0.616. The van der Waals surface area contributed by atoms with Gasteiger partial charge in [-0.25, -0.2) is 0 Å². The van der Waals surface area contributed by atoms with Gasteiger partial charge in [-0.1, -0.05) is 18.2 Å². The number of para-hydroxylation sites is 1. The van der Waals surface area contributed by atoms with Gasteiger partial charge in [-0.2, -0.15) is 5.10 Å². The molecule has 0 aliphatic carbocycles. The summed E-state index contributed by atoms with van der Waals surface area (Å²) in [4.78, 5) is 3.46. The lowest BCUT2D eigenvalue weighted by Crippen LogP contribution is -2.04. The van der Waals surface area contributed by atoms with Gasteiger partial charge in [0.2, 0.25) is 0 Å². The number of rotatable bonds is 3. The van der Waals surface area contributed by atoms with Crippen molar-refractivity contribution in [3.05, 3.63) is 41.3 Å². The number of benzene rings is 1. The van der Waals surface area contributed by atoms with Crippen LogP contribution in [0.3, 0.4) is 0 Å². The van der Waals surface area contributed by atoms with E-state index >= 15 is 0 Å². The lowest BCUT2D eigenvalue weighted by Gasteiger charge is -2.04. The minimum Gasteiger partial charge on any atom is -0.358 e. The van der Waals surface area contributed by atoms with Gasteiger partial charge in [0.1, 0.15) is 0 Å². The van der Waals surface area contributed by atoms with E-state index in [1.807, 2.05) is 11.7 Å². The second-order valence-corrected chi connectivity index (χ2v) is 5.24. The molecule has 20 heavy (non-hydrogen) atoms. The molecule has 0 saturated carbocycles. The molecule has 0 radical (unpaired) electrons. The van der Waals surface area contributed by atoms with Crippen molar-refractivity contribution in [2.75, 3.05) is 6.54 Å². The zero-order chi connectivity index (χ0) is 14.3. The Bertz CT molecular complexity index is 764. The van der Waals surface area contributed by atoms with E-state index in [-0.39, 0.29) is 0 Å². The van der Waals surface area contributed by atoms with Crippen LogP contribution in [-0.4, -0.2) is 21.3 Å². The highest BCUT2D eigenvalue weighted by Crippen LogP contribution is 2.36. The van der Waals surface area contributed by atoms with Crippen LogP contribution < -0.4 is 5.73 Å². The van der Waals surface area contributed by atoms with E-state index in [2.05, 4.69) is 48.2 Å². The topological polar surface area (TPSA) is 59.6 Å². The highest BCUT2D eigenvalue weighted by molar-refractivity contribution is 5.98. The van der Waals surface area contributed by atoms with Gasteiger partial charge in [0.15, 0.2) is 0 Å². The van der Waals surface area contributed by atoms with Crippen LogP contribution in [0.2, 0.25) is 0 Å². The fourth-order valence-electron chi connectivity index (χ4n) is 2.91. The van der Waals surface area contributed by atoms with Gasteiger partial charge in [0.25, 0.3) is 0 Å². The molecule has 1 aromatic carbocycles. The van der Waals surface area contributed by atoms with Crippen LogP contribution in [0.5, 0.6) is 0 Å². The third-order valence-electron chi connectivity index (χ3n) is 3.93. The largest absolute Gasteiger partial charge is 0.358 e. The molecule has 0 amide bonds. The molecule has 0 bridgehead atoms. The zero-order valence-electron chi connectivity index (χ0n) is 12.2. The molecule has 0 fully saturated rings. The first-order chi connectivity index (χ1) is 9.63. The average Bonchev–Trinajstić information content (AvgIpc) is 2.88. The van der Waals surface area contributed by atoms with E-state index < -0.39 is 0 Å². The number of nitrogens with zero attached hydrogens (tertiary/aromatic N) is 2. The Labute approximate surface area is 118 Å². The van der Waals surface area contributed by atoms with Gasteiger partial charge < -0.3 is 10.7 Å². The van der Waals surface area contributed by atoms with Crippen molar-refractivity contribution in [2.24, 2.45) is 12.8 Å². The van der Waals surface area contributed by atoms with Crippen molar-refractivity contribution in [1.82, 2.24) is 14.8 Å². The number of aryl methyl sites for hydroxylation is 2. The van der Waals surface area contributed by atoms with Gasteiger partial charge in [0, 0.05) is 46.9 Å². The summed E-state index contributed by atoms with van der Waals surface area (Å²) >= 11 is 0. The Hall–Kier alpha value is -2.07. The molecule has 4 heteroatoms. The molecule has 0 unspecified atom stereocenters. The Kier molecular flexibility index (Phi) is 3.10. The van der Waals surface area contributed by atoms with Crippen LogP contribution in [0, 0.1) is 13.8 Å². The summed E-state index contributed by atoms with van der Waals surface area (Å²) in [6, 6.07) is 8.40. The molecular formula is C16H20N4. The lowest BCUT2D eigenvalue weighted by molar-refractivity contribution is 0.718. The number of hydrogen-bond donors (Lipinski definition) is 2. The van der Waals surface area contributed by atoms with Crippen molar-refractivity contribution in [2.45, 2.75) is 20.3 Å². The van der Waals surface area contributed by atoms with Crippen LogP contribution >= 0.6 is 0 Å². The Morgan fingerprint density at radius 1 is 1.20 bits per heavy atom. The van der Waals surface area contributed by atoms with Gasteiger partial charge in [-0.3, -0.25) is 4.68 Å². The van der Waals surface area contributed by atoms with E-state index in [0.29, 0.717) is 6.54 Å². The van der Waals surface area contributed by atoms with E-state index in [1.54, 1.807) is 0 Å². The SMILES string of the molecule is Cc1[nH]c2ccccc2c1-c1c(CCN)nn(C)c1C. The fraction of sp³-hybridized carbons (Fsp3) is 0.312. The van der Waals surface area contributed by atoms with E-state index in [1.165, 1.54) is 33.4 Å². The summed E-state index contributed by atoms with van der Waals surface area (Å²) in [5.41, 5.74) is 12.8. The number of fused-ring (bicyclic) bond motifs is 1. The van der Waals surface area contributed by atoms with E-state index in [4.69, 9.17) is 5.73 Å². The van der Waals surface area contributed by atoms with Crippen molar-refractivity contribution >= 4 is 10.9 Å². The highest BCUT2D eigenvalue weighted by atomic mass is 15.3. The Balaban J connectivity index is 2.33. The third-order valence-corrected chi connectivity index (χ3v) is 3.93. The monoisotopic (exact) mass is 268 g/mol. The standard InChI is InChI=1S/C16H20N4/c1-10-15(12-6-4-5-7-13(12)18-10)16-11(2)20(3)19-14(16)8-9-17/h4-7,18H,8-9,17H2,1-3H3. The maximum atomic E-state index is 5.74. The second kappa shape index (κ2) is 4.80. The maximum Gasteiger partial charge on any atom is 0.0719 e. The Morgan fingerprint density at radius 3 is 2.70 bits per heavy atom. The van der Waals surface area contributed by atoms with Gasteiger partial charge in [-0.05, 0) is 26.5 Å². The molecule has 2 heterocycles. The predicted octanol–water partition coefficient (Wildman–Crippen LogP) is 2.69. The number of aromatic nitrogens is 3. The fourth-order valence-corrected chi connectivity index (χ4v) is 2.91. The van der Waals surface area contributed by atoms with E-state index in [0.717, 1.165) is 12.1 Å². The van der Waals surface area contributed by atoms with Crippen LogP contribution in [0.1, 0.15) is 17.1 Å². The molecule has 104 valence electrons. The molecule has 0 aliphatic heterocycles. The molecule has 3 N–H and O–H groups in total. The molecule has 3 aromatic rings. The first-order valence-electron chi connectivity index (χ1n) is 6.93. The van der Waals surface area contributed by atoms with Crippen LogP contribution in [-0.2, 0) is 13.5 Å². The van der Waals surface area contributed by atoms with Crippen molar-refractivity contribution in [1.29, 1.82) is 0 Å². The lowest BCUT2D eigenvalue weighted by atomic mass is 9.99. The molecule has 0 aliphatic rings. The third kappa shape index (κ3) is 1.84. The molecular weight excluding hydrogens is 248 g/mol. The Morgan fingerprint density at radius 2 is 1.95 bits per heavy atom. The molecule has 0 spiro atoms. The molecule has 2 aromatic heterocycles. The van der Waals surface area contributed by atoms with Gasteiger partial charge >= 0.3 is 0 Å². The smallest absolute Gasteiger partial charge is 0.0719 e. The normalized spacial score (nSPS) is 11.4. The van der Waals surface area contributed by atoms with Crippen LogP contribution in [0.4, 0.5) is 0 Å². The van der Waals surface area contributed by atoms with Gasteiger partial charge in [0.05, 0.1) is 5.69 Å². The van der Waals surface area contributed by atoms with Crippen LogP contribution in [0.15, 0.2) is 24.3 Å². The van der Waals surface area contributed by atoms with Crippen molar-refractivity contribution in [3.8, 4) is 11.1 Å². The quantitative estimate of drug-likeness (QED) is 0.767. The zero-order valence-corrected chi connectivity index (χ0v) is 12.2. The first kappa shape index (κ1) is 12.9. The number of H-pyrrole nitrogens is 1. The van der Waals surface area contributed by atoms with Crippen LogP contribution in [0.25, 0.3) is 22.0 Å². The summed E-state index contributed by atoms with van der Waals surface area (Å²) in [6.07, 6.45) is 0.802. The molecule has 4 nitrogen and oxygen atoms in total. The summed E-state index contributed by atoms with van der Waals surface area (Å²) < 4.78 is 1.95. The van der Waals surface area contributed by atoms with E-state index in [9.17, 15) is 0 Å². The number of hydrogen-bond acceptors (Lipinski definition) is 2. The first-order valence-corrected chi connectivity index (χ1v) is 6.93. The highest BCUT2D eigenvalue weighted by Gasteiger charge is 2.19.